The van der Waals surface area contributed by atoms with E-state index in [0.717, 1.165) is 25.7 Å². The first kappa shape index (κ1) is 8.92. The Balaban J connectivity index is 1.91. The zero-order valence-corrected chi connectivity index (χ0v) is 7.92. The van der Waals surface area contributed by atoms with Crippen molar-refractivity contribution in [3.8, 4) is 0 Å². The van der Waals surface area contributed by atoms with Crippen LogP contribution in [0.3, 0.4) is 0 Å². The summed E-state index contributed by atoms with van der Waals surface area (Å²) in [5.41, 5.74) is 0. The van der Waals surface area contributed by atoms with Gasteiger partial charge in [-0.3, -0.25) is 9.59 Å². The monoisotopic (exact) mass is 180 g/mol. The molecule has 0 heterocycles. The predicted molar refractivity (Wildman–Crippen MR) is 49.3 cm³/mol. The van der Waals surface area contributed by atoms with E-state index in [9.17, 15) is 9.59 Å². The fourth-order valence-corrected chi connectivity index (χ4v) is 2.29. The van der Waals surface area contributed by atoms with Gasteiger partial charge in [-0.2, -0.15) is 0 Å². The van der Waals surface area contributed by atoms with Crippen LogP contribution in [0, 0.1) is 11.8 Å². The summed E-state index contributed by atoms with van der Waals surface area (Å²) in [6.45, 7) is 0. The average Bonchev–Trinajstić information content (AvgIpc) is 2.01. The molecule has 72 valence electrons. The molecule has 2 heteroatoms. The topological polar surface area (TPSA) is 34.1 Å². The van der Waals surface area contributed by atoms with Gasteiger partial charge in [-0.05, 0) is 25.7 Å². The maximum atomic E-state index is 11.8. The molecule has 0 N–H and O–H groups in total. The van der Waals surface area contributed by atoms with Gasteiger partial charge >= 0.3 is 0 Å². The van der Waals surface area contributed by atoms with Crippen LogP contribution in [0.5, 0.6) is 0 Å². The molecule has 0 radical (unpaired) electrons. The van der Waals surface area contributed by atoms with Crippen molar-refractivity contribution >= 4 is 11.6 Å². The van der Waals surface area contributed by atoms with Gasteiger partial charge < -0.3 is 0 Å². The second-order valence-electron chi connectivity index (χ2n) is 4.36. The van der Waals surface area contributed by atoms with Crippen molar-refractivity contribution in [2.45, 2.75) is 44.9 Å². The van der Waals surface area contributed by atoms with E-state index in [1.165, 1.54) is 6.42 Å². The Bertz CT molecular complexity index is 228. The maximum Gasteiger partial charge on any atom is 0.139 e. The molecule has 0 aromatic carbocycles. The third kappa shape index (κ3) is 1.82. The Morgan fingerprint density at radius 1 is 1.08 bits per heavy atom. The van der Waals surface area contributed by atoms with Gasteiger partial charge in [0.2, 0.25) is 0 Å². The third-order valence-corrected chi connectivity index (χ3v) is 3.39. The Morgan fingerprint density at radius 2 is 1.77 bits per heavy atom. The normalized spacial score (nSPS) is 29.8. The fraction of sp³-hybridized carbons (Fsp3) is 0.818. The predicted octanol–water partition coefficient (Wildman–Crippen LogP) is 2.11. The Labute approximate surface area is 78.7 Å². The summed E-state index contributed by atoms with van der Waals surface area (Å²) < 4.78 is 0. The summed E-state index contributed by atoms with van der Waals surface area (Å²) >= 11 is 0. The van der Waals surface area contributed by atoms with Gasteiger partial charge in [-0.15, -0.1) is 0 Å². The number of rotatable bonds is 2. The SMILES string of the molecule is O=C1CCCC(C(=O)C2CCC2)C1. The second kappa shape index (κ2) is 3.60. The average molecular weight is 180 g/mol. The molecule has 2 rings (SSSR count). The molecule has 0 saturated heterocycles. The minimum absolute atomic E-state index is 0.0894. The van der Waals surface area contributed by atoms with E-state index in [1.54, 1.807) is 0 Å². The van der Waals surface area contributed by atoms with Crippen LogP contribution in [0.2, 0.25) is 0 Å². The van der Waals surface area contributed by atoms with Crippen LogP contribution in [0.25, 0.3) is 0 Å². The number of carbonyl (C=O) groups is 2. The molecule has 0 aliphatic heterocycles. The van der Waals surface area contributed by atoms with Crippen LogP contribution in [0.1, 0.15) is 44.9 Å². The molecule has 2 aliphatic carbocycles. The lowest BCUT2D eigenvalue weighted by molar-refractivity contribution is -0.134. The highest BCUT2D eigenvalue weighted by Gasteiger charge is 2.33. The number of Topliss-reactive ketones (excluding diaryl/α,β-unsaturated/α-hetero) is 2. The number of hydrogen-bond acceptors (Lipinski definition) is 2. The van der Waals surface area contributed by atoms with E-state index in [1.807, 2.05) is 0 Å². The van der Waals surface area contributed by atoms with Gasteiger partial charge in [0.05, 0.1) is 0 Å². The van der Waals surface area contributed by atoms with Crippen molar-refractivity contribution < 1.29 is 9.59 Å². The number of hydrogen-bond donors (Lipinski definition) is 0. The molecule has 13 heavy (non-hydrogen) atoms. The van der Waals surface area contributed by atoms with Gasteiger partial charge in [0.15, 0.2) is 0 Å². The quantitative estimate of drug-likeness (QED) is 0.652. The summed E-state index contributed by atoms with van der Waals surface area (Å²) in [6, 6.07) is 0. The van der Waals surface area contributed by atoms with Gasteiger partial charge in [-0.1, -0.05) is 6.42 Å². The van der Waals surface area contributed by atoms with E-state index in [-0.39, 0.29) is 5.92 Å². The van der Waals surface area contributed by atoms with Gasteiger partial charge in [0.25, 0.3) is 0 Å². The lowest BCUT2D eigenvalue weighted by Crippen LogP contribution is -2.31. The lowest BCUT2D eigenvalue weighted by Gasteiger charge is -2.29. The van der Waals surface area contributed by atoms with E-state index < -0.39 is 0 Å². The molecule has 0 amide bonds. The summed E-state index contributed by atoms with van der Waals surface area (Å²) in [4.78, 5) is 22.9. The molecule has 0 bridgehead atoms. The molecule has 1 unspecified atom stereocenters. The van der Waals surface area contributed by atoms with Crippen LogP contribution in [-0.2, 0) is 9.59 Å². The van der Waals surface area contributed by atoms with E-state index in [2.05, 4.69) is 0 Å². The Kier molecular flexibility index (Phi) is 2.47. The molecule has 0 spiro atoms. The van der Waals surface area contributed by atoms with Crippen LogP contribution < -0.4 is 0 Å². The highest BCUT2D eigenvalue weighted by molar-refractivity contribution is 5.90. The van der Waals surface area contributed by atoms with E-state index in [4.69, 9.17) is 0 Å². The summed E-state index contributed by atoms with van der Waals surface area (Å²) in [6.07, 6.45) is 6.48. The van der Waals surface area contributed by atoms with Gasteiger partial charge in [-0.25, -0.2) is 0 Å². The molecule has 0 aromatic rings. The Hall–Kier alpha value is -0.660. The fourth-order valence-electron chi connectivity index (χ4n) is 2.29. The van der Waals surface area contributed by atoms with Crippen molar-refractivity contribution in [2.75, 3.05) is 0 Å². The first-order valence-electron chi connectivity index (χ1n) is 5.33. The van der Waals surface area contributed by atoms with Gasteiger partial charge in [0.1, 0.15) is 11.6 Å². The van der Waals surface area contributed by atoms with Crippen LogP contribution in [-0.4, -0.2) is 11.6 Å². The molecule has 2 saturated carbocycles. The standard InChI is InChI=1S/C11H16O2/c12-10-6-2-5-9(7-10)11(13)8-3-1-4-8/h8-9H,1-7H2. The van der Waals surface area contributed by atoms with Crippen molar-refractivity contribution in [2.24, 2.45) is 11.8 Å². The van der Waals surface area contributed by atoms with Crippen molar-refractivity contribution in [1.82, 2.24) is 0 Å². The Morgan fingerprint density at radius 3 is 2.31 bits per heavy atom. The first-order valence-corrected chi connectivity index (χ1v) is 5.33. The summed E-state index contributed by atoms with van der Waals surface area (Å²) in [7, 11) is 0. The lowest BCUT2D eigenvalue weighted by atomic mass is 9.73. The molecule has 2 fully saturated rings. The highest BCUT2D eigenvalue weighted by atomic mass is 16.1. The smallest absolute Gasteiger partial charge is 0.139 e. The highest BCUT2D eigenvalue weighted by Crippen LogP contribution is 2.33. The minimum atomic E-state index is 0.0894. The first-order chi connectivity index (χ1) is 6.27. The number of carbonyl (C=O) groups excluding carboxylic acids is 2. The van der Waals surface area contributed by atoms with Crippen LogP contribution in [0.4, 0.5) is 0 Å². The second-order valence-corrected chi connectivity index (χ2v) is 4.36. The van der Waals surface area contributed by atoms with Crippen LogP contribution >= 0.6 is 0 Å². The molecule has 0 aromatic heterocycles. The number of ketones is 2. The van der Waals surface area contributed by atoms with E-state index >= 15 is 0 Å². The molecule has 1 atom stereocenters. The van der Waals surface area contributed by atoms with Gasteiger partial charge in [0, 0.05) is 24.7 Å². The van der Waals surface area contributed by atoms with Crippen molar-refractivity contribution in [3.05, 3.63) is 0 Å². The molecule has 2 aliphatic rings. The van der Waals surface area contributed by atoms with E-state index in [0.29, 0.717) is 30.3 Å². The zero-order valence-electron chi connectivity index (χ0n) is 7.92. The zero-order chi connectivity index (χ0) is 9.26. The maximum absolute atomic E-state index is 11.8. The van der Waals surface area contributed by atoms with Crippen LogP contribution in [0.15, 0.2) is 0 Å². The van der Waals surface area contributed by atoms with Crippen molar-refractivity contribution in [3.63, 3.8) is 0 Å². The third-order valence-electron chi connectivity index (χ3n) is 3.39. The molecule has 2 nitrogen and oxygen atoms in total. The molecular weight excluding hydrogens is 164 g/mol. The summed E-state index contributed by atoms with van der Waals surface area (Å²) in [5.74, 6) is 1.09. The molecular formula is C11H16O2. The minimum Gasteiger partial charge on any atom is -0.300 e. The largest absolute Gasteiger partial charge is 0.300 e. The van der Waals surface area contributed by atoms with Crippen molar-refractivity contribution in [1.29, 1.82) is 0 Å². The summed E-state index contributed by atoms with van der Waals surface area (Å²) in [5, 5.41) is 0.